The second kappa shape index (κ2) is 3.65. The molecule has 0 aromatic heterocycles. The van der Waals surface area contributed by atoms with Crippen LogP contribution in [0.5, 0.6) is 0 Å². The average Bonchev–Trinajstić information content (AvgIpc) is 1.82. The van der Waals surface area contributed by atoms with E-state index in [9.17, 15) is 9.12 Å². The number of nitroso groups, excluding NO2 is 1. The van der Waals surface area contributed by atoms with Gasteiger partial charge in [-0.15, -0.1) is 10.0 Å². The second-order valence-electron chi connectivity index (χ2n) is 2.12. The summed E-state index contributed by atoms with van der Waals surface area (Å²) >= 11 is -2.17. The molecule has 62 valence electrons. The first-order valence-corrected chi connectivity index (χ1v) is 4.08. The van der Waals surface area contributed by atoms with Crippen molar-refractivity contribution in [3.05, 3.63) is 4.91 Å². The minimum absolute atomic E-state index is 0.0428. The molecular weight excluding hydrogens is 170 g/mol. The molecule has 0 radical (unpaired) electrons. The number of hydrogen-bond donors (Lipinski definition) is 2. The van der Waals surface area contributed by atoms with E-state index in [4.69, 9.17) is 4.55 Å². The van der Waals surface area contributed by atoms with Crippen LogP contribution in [-0.4, -0.2) is 26.9 Å². The predicted octanol–water partition coefficient (Wildman–Crippen LogP) is -0.493. The van der Waals surface area contributed by atoms with Gasteiger partial charge >= 0.3 is 0 Å². The summed E-state index contributed by atoms with van der Waals surface area (Å²) in [6.45, 7) is 1.17. The lowest BCUT2D eigenvalue weighted by Crippen LogP contribution is -2.47. The first-order chi connectivity index (χ1) is 5.25. The van der Waals surface area contributed by atoms with Gasteiger partial charge in [-0.05, 0) is 0 Å². The number of nitrogens with one attached hydrogen (secondary N) is 1. The van der Waals surface area contributed by atoms with Gasteiger partial charge in [-0.1, -0.05) is 0 Å². The molecule has 1 heterocycles. The summed E-state index contributed by atoms with van der Waals surface area (Å²) in [5.41, 5.74) is 0. The third-order valence-corrected chi connectivity index (χ3v) is 2.22. The van der Waals surface area contributed by atoms with Gasteiger partial charge in [-0.2, -0.15) is 0 Å². The highest BCUT2D eigenvalue weighted by molar-refractivity contribution is 7.95. The zero-order chi connectivity index (χ0) is 8.27. The molecule has 1 atom stereocenters. The van der Waals surface area contributed by atoms with Crippen LogP contribution >= 0.6 is 0 Å². The van der Waals surface area contributed by atoms with E-state index in [0.717, 1.165) is 0 Å². The van der Waals surface area contributed by atoms with Crippen LogP contribution in [0.2, 0.25) is 0 Å². The quantitative estimate of drug-likeness (QED) is 0.196. The van der Waals surface area contributed by atoms with Gasteiger partial charge in [0.25, 0.3) is 0 Å². The lowest BCUT2D eigenvalue weighted by molar-refractivity contribution is 0.443. The fraction of sp³-hybridized carbons (Fsp3) is 0.750. The third kappa shape index (κ3) is 1.88. The van der Waals surface area contributed by atoms with E-state index < -0.39 is 11.1 Å². The van der Waals surface area contributed by atoms with Crippen molar-refractivity contribution in [1.82, 2.24) is 5.32 Å². The first-order valence-electron chi connectivity index (χ1n) is 2.97. The monoisotopic (exact) mass is 177 g/mol. The van der Waals surface area contributed by atoms with E-state index in [1.54, 1.807) is 0 Å². The van der Waals surface area contributed by atoms with E-state index in [2.05, 4.69) is 15.7 Å². The third-order valence-electron chi connectivity index (χ3n) is 1.45. The molecule has 0 saturated carbocycles. The van der Waals surface area contributed by atoms with Gasteiger partial charge in [-0.3, -0.25) is 0 Å². The Morgan fingerprint density at radius 1 is 1.64 bits per heavy atom. The lowest BCUT2D eigenvalue weighted by Gasteiger charge is -2.25. The van der Waals surface area contributed by atoms with Crippen LogP contribution in [0.4, 0.5) is 0 Å². The highest BCUT2D eigenvalue weighted by Gasteiger charge is 2.27. The summed E-state index contributed by atoms with van der Waals surface area (Å²) in [6, 6.07) is 0. The van der Waals surface area contributed by atoms with Crippen LogP contribution in [0.15, 0.2) is 10.4 Å². The molecule has 1 aliphatic rings. The summed E-state index contributed by atoms with van der Waals surface area (Å²) in [5, 5.41) is 8.10. The molecule has 0 aromatic rings. The van der Waals surface area contributed by atoms with Crippen molar-refractivity contribution in [3.8, 4) is 0 Å². The van der Waals surface area contributed by atoms with Crippen LogP contribution in [-0.2, 0) is 11.1 Å². The smallest absolute Gasteiger partial charge is 0.203 e. The van der Waals surface area contributed by atoms with E-state index in [0.29, 0.717) is 13.1 Å². The molecule has 11 heavy (non-hydrogen) atoms. The SMILES string of the molecule is O=NN=C(C1CNC1)S(=O)O. The topological polar surface area (TPSA) is 91.1 Å². The minimum Gasteiger partial charge on any atom is -0.315 e. The maximum atomic E-state index is 10.5. The normalized spacial score (nSPS) is 22.5. The molecule has 6 nitrogen and oxygen atoms in total. The van der Waals surface area contributed by atoms with Gasteiger partial charge in [0.05, 0.1) is 5.29 Å². The van der Waals surface area contributed by atoms with E-state index in [1.165, 1.54) is 0 Å². The predicted molar refractivity (Wildman–Crippen MR) is 40.4 cm³/mol. The molecule has 1 aliphatic heterocycles. The van der Waals surface area contributed by atoms with Crippen molar-refractivity contribution < 1.29 is 8.76 Å². The zero-order valence-corrected chi connectivity index (χ0v) is 6.37. The van der Waals surface area contributed by atoms with Crippen molar-refractivity contribution in [2.24, 2.45) is 16.3 Å². The fourth-order valence-electron chi connectivity index (χ4n) is 0.763. The van der Waals surface area contributed by atoms with Gasteiger partial charge < -0.3 is 9.87 Å². The highest BCUT2D eigenvalue weighted by atomic mass is 32.2. The lowest BCUT2D eigenvalue weighted by atomic mass is 10.1. The van der Waals surface area contributed by atoms with Crippen molar-refractivity contribution in [3.63, 3.8) is 0 Å². The molecule has 0 amide bonds. The van der Waals surface area contributed by atoms with Crippen molar-refractivity contribution in [2.75, 3.05) is 13.1 Å². The number of nitrogens with zero attached hydrogens (tertiary/aromatic N) is 2. The largest absolute Gasteiger partial charge is 0.315 e. The highest BCUT2D eigenvalue weighted by Crippen LogP contribution is 2.08. The Hall–Kier alpha value is -0.660. The zero-order valence-electron chi connectivity index (χ0n) is 5.56. The first kappa shape index (κ1) is 8.44. The summed E-state index contributed by atoms with van der Waals surface area (Å²) in [6.07, 6.45) is 0. The van der Waals surface area contributed by atoms with Crippen LogP contribution in [0.25, 0.3) is 0 Å². The Labute approximate surface area is 65.3 Å². The molecule has 7 heteroatoms. The molecular formula is C4H7N3O3S. The Morgan fingerprint density at radius 3 is 2.55 bits per heavy atom. The van der Waals surface area contributed by atoms with E-state index >= 15 is 0 Å². The van der Waals surface area contributed by atoms with Crippen LogP contribution in [0.1, 0.15) is 0 Å². The van der Waals surface area contributed by atoms with Crippen molar-refractivity contribution in [1.29, 1.82) is 0 Å². The Bertz CT molecular complexity index is 213. The maximum Gasteiger partial charge on any atom is 0.203 e. The molecule has 0 aromatic carbocycles. The van der Waals surface area contributed by atoms with Crippen molar-refractivity contribution in [2.45, 2.75) is 0 Å². The molecule has 0 spiro atoms. The molecule has 1 fully saturated rings. The van der Waals surface area contributed by atoms with Crippen LogP contribution in [0, 0.1) is 10.8 Å². The van der Waals surface area contributed by atoms with Gasteiger partial charge in [0.15, 0.2) is 5.04 Å². The summed E-state index contributed by atoms with van der Waals surface area (Å²) in [7, 11) is 0. The Balaban J connectivity index is 2.65. The number of rotatable bonds is 2. The molecule has 0 bridgehead atoms. The van der Waals surface area contributed by atoms with Crippen LogP contribution in [0.3, 0.4) is 0 Å². The van der Waals surface area contributed by atoms with E-state index in [1.807, 2.05) is 0 Å². The van der Waals surface area contributed by atoms with Gasteiger partial charge in [0.2, 0.25) is 11.1 Å². The standard InChI is InChI=1S/C4H7N3O3S/c8-7-6-4(11(9)10)3-1-5-2-3/h3,5H,1-2H2,(H,9,10). The Morgan fingerprint density at radius 2 is 2.27 bits per heavy atom. The van der Waals surface area contributed by atoms with Crippen LogP contribution < -0.4 is 5.32 Å². The van der Waals surface area contributed by atoms with Gasteiger partial charge in [0.1, 0.15) is 0 Å². The molecule has 1 rings (SSSR count). The summed E-state index contributed by atoms with van der Waals surface area (Å²) in [4.78, 5) is 9.66. The molecule has 2 N–H and O–H groups in total. The van der Waals surface area contributed by atoms with Crippen molar-refractivity contribution >= 4 is 16.1 Å². The second-order valence-corrected chi connectivity index (χ2v) is 3.04. The fourth-order valence-corrected chi connectivity index (χ4v) is 1.32. The minimum atomic E-state index is -2.17. The summed E-state index contributed by atoms with van der Waals surface area (Å²) < 4.78 is 19.1. The Kier molecular flexibility index (Phi) is 2.80. The average molecular weight is 177 g/mol. The van der Waals surface area contributed by atoms with Gasteiger partial charge in [-0.25, -0.2) is 4.21 Å². The molecule has 0 aliphatic carbocycles. The van der Waals surface area contributed by atoms with Gasteiger partial charge in [0, 0.05) is 19.0 Å². The maximum absolute atomic E-state index is 10.5. The summed E-state index contributed by atoms with van der Waals surface area (Å²) in [5.74, 6) is -0.112. The number of hydrogen-bond acceptors (Lipinski definition) is 4. The molecule has 1 unspecified atom stereocenters. The molecule has 1 saturated heterocycles. The van der Waals surface area contributed by atoms with E-state index in [-0.39, 0.29) is 11.0 Å².